The van der Waals surface area contributed by atoms with E-state index in [2.05, 4.69) is 29.8 Å². The Balaban J connectivity index is 2.56. The second-order valence-electron chi connectivity index (χ2n) is 2.85. The summed E-state index contributed by atoms with van der Waals surface area (Å²) < 4.78 is 6.71. The summed E-state index contributed by atoms with van der Waals surface area (Å²) in [5.41, 5.74) is 1.33. The molecule has 1 saturated heterocycles. The van der Waals surface area contributed by atoms with Crippen LogP contribution in [0.5, 0.6) is 0 Å². The molecule has 10 heavy (non-hydrogen) atoms. The molecule has 0 aromatic rings. The second kappa shape index (κ2) is 3.54. The number of allylic oxidation sites excluding steroid dienone is 1. The van der Waals surface area contributed by atoms with Gasteiger partial charge in [0.1, 0.15) is 0 Å². The molecule has 1 nitrogen and oxygen atoms in total. The first-order valence-corrected chi connectivity index (χ1v) is 4.45. The summed E-state index contributed by atoms with van der Waals surface area (Å²) in [6.45, 7) is 5.13. The Bertz CT molecular complexity index is 141. The molecular formula is C8H13BrO. The summed E-state index contributed by atoms with van der Waals surface area (Å²) in [4.78, 5) is 0. The number of hydrogen-bond donors (Lipinski definition) is 0. The van der Waals surface area contributed by atoms with Crippen molar-refractivity contribution in [2.45, 2.75) is 32.8 Å². The minimum atomic E-state index is 0.352. The van der Waals surface area contributed by atoms with Gasteiger partial charge in [0.25, 0.3) is 0 Å². The molecule has 58 valence electrons. The third kappa shape index (κ3) is 1.83. The topological polar surface area (TPSA) is 9.23 Å². The average molecular weight is 205 g/mol. The third-order valence-corrected chi connectivity index (χ3v) is 2.99. The molecule has 1 aliphatic rings. The van der Waals surface area contributed by atoms with E-state index in [4.69, 9.17) is 4.74 Å². The Morgan fingerprint density at radius 1 is 1.50 bits per heavy atom. The molecule has 2 heteroatoms. The summed E-state index contributed by atoms with van der Waals surface area (Å²) in [5, 5.41) is 0. The average Bonchev–Trinajstić information content (AvgIpc) is 2.36. The SMILES string of the molecule is CC(C)=C(Br)C1CCCO1. The van der Waals surface area contributed by atoms with E-state index < -0.39 is 0 Å². The Labute approximate surface area is 70.6 Å². The van der Waals surface area contributed by atoms with Crippen molar-refractivity contribution in [2.75, 3.05) is 6.61 Å². The Hall–Kier alpha value is 0.180. The van der Waals surface area contributed by atoms with Crippen LogP contribution < -0.4 is 0 Å². The molecular weight excluding hydrogens is 192 g/mol. The van der Waals surface area contributed by atoms with Crippen molar-refractivity contribution < 1.29 is 4.74 Å². The van der Waals surface area contributed by atoms with E-state index in [0.717, 1.165) is 6.61 Å². The van der Waals surface area contributed by atoms with Gasteiger partial charge in [-0.2, -0.15) is 0 Å². The fourth-order valence-corrected chi connectivity index (χ4v) is 1.46. The van der Waals surface area contributed by atoms with E-state index in [9.17, 15) is 0 Å². The van der Waals surface area contributed by atoms with Gasteiger partial charge in [-0.3, -0.25) is 0 Å². The zero-order chi connectivity index (χ0) is 7.56. The summed E-state index contributed by atoms with van der Waals surface area (Å²) in [5.74, 6) is 0. The molecule has 1 unspecified atom stereocenters. The van der Waals surface area contributed by atoms with Gasteiger partial charge >= 0.3 is 0 Å². The zero-order valence-electron chi connectivity index (χ0n) is 6.48. The van der Waals surface area contributed by atoms with Crippen LogP contribution in [0.4, 0.5) is 0 Å². The molecule has 0 aliphatic carbocycles. The van der Waals surface area contributed by atoms with Crippen LogP contribution in [0.1, 0.15) is 26.7 Å². The van der Waals surface area contributed by atoms with Crippen LogP contribution in [-0.2, 0) is 4.74 Å². The van der Waals surface area contributed by atoms with Gasteiger partial charge in [-0.15, -0.1) is 0 Å². The van der Waals surface area contributed by atoms with Crippen molar-refractivity contribution in [1.82, 2.24) is 0 Å². The van der Waals surface area contributed by atoms with Crippen molar-refractivity contribution in [3.05, 3.63) is 10.1 Å². The van der Waals surface area contributed by atoms with Crippen molar-refractivity contribution in [3.8, 4) is 0 Å². The monoisotopic (exact) mass is 204 g/mol. The standard InChI is InChI=1S/C8H13BrO/c1-6(2)8(9)7-4-3-5-10-7/h7H,3-5H2,1-2H3. The molecule has 0 saturated carbocycles. The van der Waals surface area contributed by atoms with Gasteiger partial charge in [-0.1, -0.05) is 21.5 Å². The van der Waals surface area contributed by atoms with E-state index in [1.165, 1.54) is 22.9 Å². The Kier molecular flexibility index (Phi) is 2.93. The third-order valence-electron chi connectivity index (χ3n) is 1.69. The van der Waals surface area contributed by atoms with Gasteiger partial charge in [0.15, 0.2) is 0 Å². The molecule has 0 aromatic carbocycles. The van der Waals surface area contributed by atoms with Crippen LogP contribution in [-0.4, -0.2) is 12.7 Å². The molecule has 0 aromatic heterocycles. The highest BCUT2D eigenvalue weighted by Crippen LogP contribution is 2.26. The smallest absolute Gasteiger partial charge is 0.0889 e. The molecule has 0 radical (unpaired) electrons. The van der Waals surface area contributed by atoms with Crippen LogP contribution in [0.3, 0.4) is 0 Å². The highest BCUT2D eigenvalue weighted by Gasteiger charge is 2.18. The van der Waals surface area contributed by atoms with Gasteiger partial charge < -0.3 is 4.74 Å². The quantitative estimate of drug-likeness (QED) is 0.639. The highest BCUT2D eigenvalue weighted by atomic mass is 79.9. The lowest BCUT2D eigenvalue weighted by molar-refractivity contribution is 0.143. The molecule has 1 fully saturated rings. The summed E-state index contributed by atoms with van der Waals surface area (Å²) in [7, 11) is 0. The first-order valence-electron chi connectivity index (χ1n) is 3.66. The summed E-state index contributed by atoms with van der Waals surface area (Å²) in [6.07, 6.45) is 2.73. The maximum absolute atomic E-state index is 5.47. The predicted molar refractivity (Wildman–Crippen MR) is 46.3 cm³/mol. The Morgan fingerprint density at radius 3 is 2.60 bits per heavy atom. The maximum atomic E-state index is 5.47. The van der Waals surface area contributed by atoms with E-state index in [-0.39, 0.29) is 0 Å². The molecule has 0 amide bonds. The van der Waals surface area contributed by atoms with Crippen LogP contribution in [0.15, 0.2) is 10.1 Å². The molecule has 0 spiro atoms. The Morgan fingerprint density at radius 2 is 2.20 bits per heavy atom. The van der Waals surface area contributed by atoms with Gasteiger partial charge in [0, 0.05) is 11.1 Å². The van der Waals surface area contributed by atoms with E-state index in [1.54, 1.807) is 0 Å². The zero-order valence-corrected chi connectivity index (χ0v) is 8.07. The number of halogens is 1. The largest absolute Gasteiger partial charge is 0.373 e. The normalized spacial score (nSPS) is 24.9. The molecule has 1 aliphatic heterocycles. The lowest BCUT2D eigenvalue weighted by Gasteiger charge is -2.09. The van der Waals surface area contributed by atoms with Crippen molar-refractivity contribution >= 4 is 15.9 Å². The first-order chi connectivity index (χ1) is 4.72. The van der Waals surface area contributed by atoms with Crippen molar-refractivity contribution in [3.63, 3.8) is 0 Å². The van der Waals surface area contributed by atoms with Crippen LogP contribution in [0, 0.1) is 0 Å². The van der Waals surface area contributed by atoms with Crippen molar-refractivity contribution in [1.29, 1.82) is 0 Å². The fourth-order valence-electron chi connectivity index (χ4n) is 1.10. The minimum absolute atomic E-state index is 0.352. The molecule has 0 N–H and O–H groups in total. The molecule has 1 atom stereocenters. The van der Waals surface area contributed by atoms with E-state index in [1.807, 2.05) is 0 Å². The van der Waals surface area contributed by atoms with Crippen LogP contribution in [0.2, 0.25) is 0 Å². The minimum Gasteiger partial charge on any atom is -0.373 e. The first kappa shape index (κ1) is 8.28. The maximum Gasteiger partial charge on any atom is 0.0889 e. The lowest BCUT2D eigenvalue weighted by Crippen LogP contribution is -2.05. The van der Waals surface area contributed by atoms with Crippen molar-refractivity contribution in [2.24, 2.45) is 0 Å². The fraction of sp³-hybridized carbons (Fsp3) is 0.750. The van der Waals surface area contributed by atoms with Gasteiger partial charge in [-0.05, 0) is 26.7 Å². The summed E-state index contributed by atoms with van der Waals surface area (Å²) >= 11 is 3.52. The predicted octanol–water partition coefficient (Wildman–Crippen LogP) is 2.85. The number of hydrogen-bond acceptors (Lipinski definition) is 1. The van der Waals surface area contributed by atoms with Gasteiger partial charge in [-0.25, -0.2) is 0 Å². The summed E-state index contributed by atoms with van der Waals surface area (Å²) in [6, 6.07) is 0. The highest BCUT2D eigenvalue weighted by molar-refractivity contribution is 9.11. The number of ether oxygens (including phenoxy) is 1. The molecule has 1 heterocycles. The second-order valence-corrected chi connectivity index (χ2v) is 3.70. The number of rotatable bonds is 1. The van der Waals surface area contributed by atoms with E-state index in [0.29, 0.717) is 6.10 Å². The van der Waals surface area contributed by atoms with E-state index >= 15 is 0 Å². The molecule has 1 rings (SSSR count). The lowest BCUT2D eigenvalue weighted by atomic mass is 10.2. The van der Waals surface area contributed by atoms with Crippen LogP contribution >= 0.6 is 15.9 Å². The molecule has 0 bridgehead atoms. The van der Waals surface area contributed by atoms with Gasteiger partial charge in [0.2, 0.25) is 0 Å². The van der Waals surface area contributed by atoms with Crippen LogP contribution in [0.25, 0.3) is 0 Å². The van der Waals surface area contributed by atoms with Gasteiger partial charge in [0.05, 0.1) is 6.10 Å².